The first kappa shape index (κ1) is 15.2. The van der Waals surface area contributed by atoms with Gasteiger partial charge in [-0.3, -0.25) is 10.2 Å². The molecule has 22 heavy (non-hydrogen) atoms. The van der Waals surface area contributed by atoms with Crippen LogP contribution in [0.25, 0.3) is 0 Å². The number of hydrogen-bond donors (Lipinski definition) is 1. The zero-order valence-electron chi connectivity index (χ0n) is 12.8. The topological polar surface area (TPSA) is 66.9 Å². The second kappa shape index (κ2) is 7.04. The summed E-state index contributed by atoms with van der Waals surface area (Å²) in [5, 5.41) is 1.95. The van der Waals surface area contributed by atoms with Crippen LogP contribution in [-0.4, -0.2) is 73.3 Å². The van der Waals surface area contributed by atoms with Crippen molar-refractivity contribution in [2.24, 2.45) is 0 Å². The Kier molecular flexibility index (Phi) is 4.87. The van der Waals surface area contributed by atoms with E-state index in [9.17, 15) is 4.79 Å². The van der Waals surface area contributed by atoms with Gasteiger partial charge in [0.25, 0.3) is 5.91 Å². The summed E-state index contributed by atoms with van der Waals surface area (Å²) in [6.45, 7) is 4.91. The summed E-state index contributed by atoms with van der Waals surface area (Å²) in [6.07, 6.45) is 2.50. The smallest absolute Gasteiger partial charge is 0.267 e. The van der Waals surface area contributed by atoms with Gasteiger partial charge in [0.15, 0.2) is 0 Å². The monoisotopic (exact) mass is 306 g/mol. The van der Waals surface area contributed by atoms with E-state index in [1.54, 1.807) is 18.3 Å². The number of carbonyl (C=O) groups excluding carboxylic acids is 1. The van der Waals surface area contributed by atoms with Crippen LogP contribution in [0.1, 0.15) is 16.8 Å². The highest BCUT2D eigenvalue weighted by Gasteiger charge is 2.19. The van der Waals surface area contributed by atoms with Gasteiger partial charge < -0.3 is 14.4 Å². The van der Waals surface area contributed by atoms with Gasteiger partial charge >= 0.3 is 0 Å². The zero-order chi connectivity index (χ0) is 15.4. The molecule has 0 spiro atoms. The summed E-state index contributed by atoms with van der Waals surface area (Å²) in [5.41, 5.74) is 3.45. The number of carbonyl (C=O) groups is 1. The Morgan fingerprint density at radius 1 is 1.36 bits per heavy atom. The molecule has 1 aromatic heterocycles. The number of rotatable bonds is 4. The van der Waals surface area contributed by atoms with Crippen LogP contribution in [0.15, 0.2) is 18.3 Å². The van der Waals surface area contributed by atoms with Gasteiger partial charge in [0, 0.05) is 44.9 Å². The molecule has 120 valence electrons. The van der Waals surface area contributed by atoms with Crippen molar-refractivity contribution in [2.75, 3.05) is 46.4 Å². The number of hydrazine groups is 1. The summed E-state index contributed by atoms with van der Waals surface area (Å²) in [4.78, 5) is 18.6. The molecule has 1 amide bonds. The molecule has 3 rings (SSSR count). The van der Waals surface area contributed by atoms with Crippen molar-refractivity contribution in [3.05, 3.63) is 23.9 Å². The van der Waals surface area contributed by atoms with Crippen molar-refractivity contribution in [3.8, 4) is 5.88 Å². The Balaban J connectivity index is 1.51. The summed E-state index contributed by atoms with van der Waals surface area (Å²) < 4.78 is 10.9. The second-order valence-corrected chi connectivity index (χ2v) is 5.72. The number of nitrogens with one attached hydrogen (secondary N) is 1. The van der Waals surface area contributed by atoms with Crippen LogP contribution < -0.4 is 10.2 Å². The predicted octanol–water partition coefficient (Wildman–Crippen LogP) is 0.141. The number of ether oxygens (including phenoxy) is 2. The van der Waals surface area contributed by atoms with E-state index in [4.69, 9.17) is 9.47 Å². The van der Waals surface area contributed by atoms with Gasteiger partial charge in [0.1, 0.15) is 6.10 Å². The fraction of sp³-hybridized carbons (Fsp3) is 0.600. The van der Waals surface area contributed by atoms with E-state index in [-0.39, 0.29) is 12.0 Å². The average Bonchev–Trinajstić information content (AvgIpc) is 3.03. The molecule has 0 bridgehead atoms. The number of aromatic nitrogens is 1. The first-order chi connectivity index (χ1) is 10.7. The fourth-order valence-corrected chi connectivity index (χ4v) is 2.49. The quantitative estimate of drug-likeness (QED) is 0.854. The minimum Gasteiger partial charge on any atom is -0.472 e. The summed E-state index contributed by atoms with van der Waals surface area (Å²) >= 11 is 0. The first-order valence-electron chi connectivity index (χ1n) is 7.65. The minimum absolute atomic E-state index is 0.0671. The van der Waals surface area contributed by atoms with Crippen LogP contribution in [0.5, 0.6) is 5.88 Å². The van der Waals surface area contributed by atoms with Crippen LogP contribution in [0.3, 0.4) is 0 Å². The maximum absolute atomic E-state index is 12.2. The van der Waals surface area contributed by atoms with Gasteiger partial charge in [-0.25, -0.2) is 9.99 Å². The number of hydrogen-bond acceptors (Lipinski definition) is 6. The van der Waals surface area contributed by atoms with Crippen LogP contribution in [0.4, 0.5) is 0 Å². The highest BCUT2D eigenvalue weighted by molar-refractivity contribution is 5.93. The molecule has 0 saturated carbocycles. The number of amides is 1. The Morgan fingerprint density at radius 3 is 2.82 bits per heavy atom. The van der Waals surface area contributed by atoms with E-state index in [1.165, 1.54) is 0 Å². The highest BCUT2D eigenvalue weighted by Crippen LogP contribution is 2.14. The van der Waals surface area contributed by atoms with E-state index in [1.807, 2.05) is 5.01 Å². The third-order valence-electron chi connectivity index (χ3n) is 3.94. The molecular weight excluding hydrogens is 284 g/mol. The predicted molar refractivity (Wildman–Crippen MR) is 80.6 cm³/mol. The Labute approximate surface area is 130 Å². The molecule has 7 nitrogen and oxygen atoms in total. The highest BCUT2D eigenvalue weighted by atomic mass is 16.5. The summed E-state index contributed by atoms with van der Waals surface area (Å²) in [6, 6.07) is 3.47. The van der Waals surface area contributed by atoms with E-state index in [0.717, 1.165) is 39.2 Å². The molecule has 2 aliphatic heterocycles. The SMILES string of the molecule is CN1CCN(NC(=O)c2ccc(OC3CCOC3)nc2)CC1. The maximum Gasteiger partial charge on any atom is 0.267 e. The van der Waals surface area contributed by atoms with Crippen LogP contribution >= 0.6 is 0 Å². The molecule has 1 aromatic rings. The van der Waals surface area contributed by atoms with Crippen molar-refractivity contribution >= 4 is 5.91 Å². The van der Waals surface area contributed by atoms with E-state index >= 15 is 0 Å². The molecule has 0 aromatic carbocycles. The maximum atomic E-state index is 12.2. The third kappa shape index (κ3) is 3.94. The number of piperazine rings is 1. The van der Waals surface area contributed by atoms with Crippen LogP contribution in [-0.2, 0) is 4.74 Å². The van der Waals surface area contributed by atoms with Gasteiger partial charge in [-0.2, -0.15) is 0 Å². The van der Waals surface area contributed by atoms with Gasteiger partial charge in [0.2, 0.25) is 5.88 Å². The summed E-state index contributed by atoms with van der Waals surface area (Å²) in [5.74, 6) is 0.402. The second-order valence-electron chi connectivity index (χ2n) is 5.72. The van der Waals surface area contributed by atoms with Crippen molar-refractivity contribution < 1.29 is 14.3 Å². The molecule has 3 heterocycles. The lowest BCUT2D eigenvalue weighted by molar-refractivity contribution is 0.0662. The Morgan fingerprint density at radius 2 is 2.18 bits per heavy atom. The number of likely N-dealkylation sites (N-methyl/N-ethyl adjacent to an activating group) is 1. The van der Waals surface area contributed by atoms with Gasteiger partial charge in [-0.1, -0.05) is 0 Å². The molecule has 2 aliphatic rings. The number of nitrogens with zero attached hydrogens (tertiary/aromatic N) is 3. The summed E-state index contributed by atoms with van der Waals surface area (Å²) in [7, 11) is 2.08. The minimum atomic E-state index is -0.132. The zero-order valence-corrected chi connectivity index (χ0v) is 12.8. The van der Waals surface area contributed by atoms with E-state index in [2.05, 4.69) is 22.4 Å². The van der Waals surface area contributed by atoms with E-state index in [0.29, 0.717) is 18.1 Å². The van der Waals surface area contributed by atoms with Crippen molar-refractivity contribution in [1.29, 1.82) is 0 Å². The normalized spacial score (nSPS) is 23.4. The van der Waals surface area contributed by atoms with Crippen molar-refractivity contribution in [1.82, 2.24) is 20.3 Å². The molecular formula is C15H22N4O3. The molecule has 0 aliphatic carbocycles. The first-order valence-corrected chi connectivity index (χ1v) is 7.65. The standard InChI is InChI=1S/C15H22N4O3/c1-18-5-7-19(8-6-18)17-15(20)12-2-3-14(16-10-12)22-13-4-9-21-11-13/h2-3,10,13H,4-9,11H2,1H3,(H,17,20). The lowest BCUT2D eigenvalue weighted by Crippen LogP contribution is -2.52. The molecule has 2 fully saturated rings. The molecule has 7 heteroatoms. The Hall–Kier alpha value is -1.70. The number of pyridine rings is 1. The molecule has 0 radical (unpaired) electrons. The average molecular weight is 306 g/mol. The molecule has 1 unspecified atom stereocenters. The fourth-order valence-electron chi connectivity index (χ4n) is 2.49. The van der Waals surface area contributed by atoms with Gasteiger partial charge in [0.05, 0.1) is 18.8 Å². The third-order valence-corrected chi connectivity index (χ3v) is 3.94. The van der Waals surface area contributed by atoms with Crippen LogP contribution in [0, 0.1) is 0 Å². The van der Waals surface area contributed by atoms with Gasteiger partial charge in [-0.05, 0) is 13.1 Å². The van der Waals surface area contributed by atoms with E-state index < -0.39 is 0 Å². The molecule has 2 saturated heterocycles. The van der Waals surface area contributed by atoms with Crippen LogP contribution in [0.2, 0.25) is 0 Å². The Bertz CT molecular complexity index is 494. The molecule has 1 N–H and O–H groups in total. The van der Waals surface area contributed by atoms with Crippen molar-refractivity contribution in [3.63, 3.8) is 0 Å². The van der Waals surface area contributed by atoms with Gasteiger partial charge in [-0.15, -0.1) is 0 Å². The molecule has 1 atom stereocenters. The van der Waals surface area contributed by atoms with Crippen molar-refractivity contribution in [2.45, 2.75) is 12.5 Å². The lowest BCUT2D eigenvalue weighted by atomic mass is 10.2. The lowest BCUT2D eigenvalue weighted by Gasteiger charge is -2.32. The largest absolute Gasteiger partial charge is 0.472 e.